The average molecular weight is 389 g/mol. The molecular formula is C23H23N3O3. The lowest BCUT2D eigenvalue weighted by atomic mass is 10.2. The van der Waals surface area contributed by atoms with Gasteiger partial charge in [0.25, 0.3) is 5.91 Å². The molecule has 1 amide bonds. The lowest BCUT2D eigenvalue weighted by molar-refractivity contribution is 0.0950. The van der Waals surface area contributed by atoms with Gasteiger partial charge in [-0.15, -0.1) is 0 Å². The quantitative estimate of drug-likeness (QED) is 0.667. The van der Waals surface area contributed by atoms with Crippen molar-refractivity contribution in [2.24, 2.45) is 0 Å². The standard InChI is InChI=1S/C23H23N3O3/c1-2-26(15-17-6-4-3-5-7-17)22-11-9-19(14-24-22)23(27)25-13-18-8-10-20-21(12-18)29-16-28-20/h3-12,14H,2,13,15-16H2,1H3,(H,25,27). The van der Waals surface area contributed by atoms with Crippen LogP contribution in [0, 0.1) is 0 Å². The van der Waals surface area contributed by atoms with Crippen LogP contribution in [0.3, 0.4) is 0 Å². The molecule has 148 valence electrons. The van der Waals surface area contributed by atoms with Crippen molar-refractivity contribution in [3.05, 3.63) is 83.6 Å². The number of amides is 1. The molecule has 0 unspecified atom stereocenters. The molecule has 1 aromatic heterocycles. The highest BCUT2D eigenvalue weighted by Gasteiger charge is 2.14. The second kappa shape index (κ2) is 8.65. The van der Waals surface area contributed by atoms with E-state index in [9.17, 15) is 4.79 Å². The predicted molar refractivity (Wildman–Crippen MR) is 111 cm³/mol. The highest BCUT2D eigenvalue weighted by Crippen LogP contribution is 2.32. The number of ether oxygens (including phenoxy) is 2. The summed E-state index contributed by atoms with van der Waals surface area (Å²) in [6.07, 6.45) is 1.62. The van der Waals surface area contributed by atoms with Gasteiger partial charge < -0.3 is 19.7 Å². The molecule has 0 radical (unpaired) electrons. The Morgan fingerprint density at radius 2 is 1.86 bits per heavy atom. The molecule has 3 aromatic rings. The molecule has 0 bridgehead atoms. The summed E-state index contributed by atoms with van der Waals surface area (Å²) in [5.74, 6) is 2.13. The molecule has 0 saturated heterocycles. The maximum absolute atomic E-state index is 12.5. The van der Waals surface area contributed by atoms with E-state index in [4.69, 9.17) is 9.47 Å². The summed E-state index contributed by atoms with van der Waals surface area (Å²) in [6, 6.07) is 19.6. The molecule has 0 fully saturated rings. The normalized spacial score (nSPS) is 11.9. The van der Waals surface area contributed by atoms with Crippen LogP contribution in [0.15, 0.2) is 66.9 Å². The molecule has 0 atom stereocenters. The number of anilines is 1. The third-order valence-electron chi connectivity index (χ3n) is 4.82. The molecule has 0 saturated carbocycles. The molecule has 2 aromatic carbocycles. The van der Waals surface area contributed by atoms with E-state index in [0.29, 0.717) is 17.9 Å². The van der Waals surface area contributed by atoms with Crippen molar-refractivity contribution in [2.45, 2.75) is 20.0 Å². The van der Waals surface area contributed by atoms with Crippen molar-refractivity contribution in [2.75, 3.05) is 18.2 Å². The Bertz CT molecular complexity index is 974. The first kappa shape index (κ1) is 18.8. The summed E-state index contributed by atoms with van der Waals surface area (Å²) < 4.78 is 10.7. The van der Waals surface area contributed by atoms with Crippen LogP contribution in [0.4, 0.5) is 5.82 Å². The minimum Gasteiger partial charge on any atom is -0.454 e. The van der Waals surface area contributed by atoms with Crippen LogP contribution in [0.2, 0.25) is 0 Å². The minimum atomic E-state index is -0.159. The van der Waals surface area contributed by atoms with E-state index in [-0.39, 0.29) is 12.7 Å². The van der Waals surface area contributed by atoms with Gasteiger partial charge in [-0.1, -0.05) is 36.4 Å². The summed E-state index contributed by atoms with van der Waals surface area (Å²) in [6.45, 7) is 4.35. The fraction of sp³-hybridized carbons (Fsp3) is 0.217. The van der Waals surface area contributed by atoms with E-state index in [0.717, 1.165) is 30.2 Å². The molecule has 2 heterocycles. The van der Waals surface area contributed by atoms with Crippen molar-refractivity contribution in [3.8, 4) is 11.5 Å². The number of fused-ring (bicyclic) bond motifs is 1. The van der Waals surface area contributed by atoms with Crippen LogP contribution in [0.5, 0.6) is 11.5 Å². The zero-order valence-corrected chi connectivity index (χ0v) is 16.3. The second-order valence-electron chi connectivity index (χ2n) is 6.78. The van der Waals surface area contributed by atoms with Gasteiger partial charge in [0.15, 0.2) is 11.5 Å². The number of pyridine rings is 1. The minimum absolute atomic E-state index is 0.159. The Labute approximate surface area is 170 Å². The van der Waals surface area contributed by atoms with E-state index < -0.39 is 0 Å². The molecule has 0 aliphatic carbocycles. The first-order valence-corrected chi connectivity index (χ1v) is 9.64. The molecule has 1 aliphatic rings. The third kappa shape index (κ3) is 4.48. The van der Waals surface area contributed by atoms with Crippen molar-refractivity contribution in [1.29, 1.82) is 0 Å². The smallest absolute Gasteiger partial charge is 0.253 e. The topological polar surface area (TPSA) is 63.7 Å². The molecule has 6 nitrogen and oxygen atoms in total. The Balaban J connectivity index is 1.37. The molecule has 6 heteroatoms. The number of hydrogen-bond donors (Lipinski definition) is 1. The molecule has 4 rings (SSSR count). The fourth-order valence-electron chi connectivity index (χ4n) is 3.20. The zero-order valence-electron chi connectivity index (χ0n) is 16.3. The molecule has 1 aliphatic heterocycles. The first-order valence-electron chi connectivity index (χ1n) is 9.64. The number of nitrogens with one attached hydrogen (secondary N) is 1. The average Bonchev–Trinajstić information content (AvgIpc) is 3.24. The van der Waals surface area contributed by atoms with Gasteiger partial charge in [-0.25, -0.2) is 4.98 Å². The van der Waals surface area contributed by atoms with Crippen LogP contribution in [0.1, 0.15) is 28.4 Å². The zero-order chi connectivity index (χ0) is 20.1. The van der Waals surface area contributed by atoms with E-state index in [1.165, 1.54) is 5.56 Å². The number of nitrogens with zero attached hydrogens (tertiary/aromatic N) is 2. The van der Waals surface area contributed by atoms with Crippen LogP contribution in [-0.4, -0.2) is 24.2 Å². The summed E-state index contributed by atoms with van der Waals surface area (Å²) >= 11 is 0. The van der Waals surface area contributed by atoms with E-state index in [1.54, 1.807) is 6.20 Å². The van der Waals surface area contributed by atoms with Gasteiger partial charge in [0, 0.05) is 25.8 Å². The van der Waals surface area contributed by atoms with Crippen LogP contribution < -0.4 is 19.7 Å². The Morgan fingerprint density at radius 3 is 2.62 bits per heavy atom. The van der Waals surface area contributed by atoms with Gasteiger partial charge in [-0.2, -0.15) is 0 Å². The van der Waals surface area contributed by atoms with E-state index in [2.05, 4.69) is 34.3 Å². The van der Waals surface area contributed by atoms with Crippen LogP contribution in [-0.2, 0) is 13.1 Å². The van der Waals surface area contributed by atoms with E-state index in [1.807, 2.05) is 48.5 Å². The molecule has 29 heavy (non-hydrogen) atoms. The van der Waals surface area contributed by atoms with Gasteiger partial charge in [0.1, 0.15) is 5.82 Å². The maximum Gasteiger partial charge on any atom is 0.253 e. The Kier molecular flexibility index (Phi) is 5.61. The molecule has 1 N–H and O–H groups in total. The maximum atomic E-state index is 12.5. The summed E-state index contributed by atoms with van der Waals surface area (Å²) in [5, 5.41) is 2.92. The molecule has 0 spiro atoms. The third-order valence-corrected chi connectivity index (χ3v) is 4.82. The first-order chi connectivity index (χ1) is 14.2. The largest absolute Gasteiger partial charge is 0.454 e. The Morgan fingerprint density at radius 1 is 1.03 bits per heavy atom. The van der Waals surface area contributed by atoms with Gasteiger partial charge in [0.2, 0.25) is 6.79 Å². The van der Waals surface area contributed by atoms with Gasteiger partial charge in [-0.05, 0) is 42.3 Å². The van der Waals surface area contributed by atoms with Gasteiger partial charge in [-0.3, -0.25) is 4.79 Å². The highest BCUT2D eigenvalue weighted by atomic mass is 16.7. The van der Waals surface area contributed by atoms with Crippen molar-refractivity contribution >= 4 is 11.7 Å². The van der Waals surface area contributed by atoms with E-state index >= 15 is 0 Å². The van der Waals surface area contributed by atoms with Crippen molar-refractivity contribution in [3.63, 3.8) is 0 Å². The number of carbonyl (C=O) groups excluding carboxylic acids is 1. The molecular weight excluding hydrogens is 366 g/mol. The fourth-order valence-corrected chi connectivity index (χ4v) is 3.20. The number of hydrogen-bond acceptors (Lipinski definition) is 5. The van der Waals surface area contributed by atoms with Gasteiger partial charge in [0.05, 0.1) is 5.56 Å². The number of aromatic nitrogens is 1. The van der Waals surface area contributed by atoms with Gasteiger partial charge >= 0.3 is 0 Å². The second-order valence-corrected chi connectivity index (χ2v) is 6.78. The highest BCUT2D eigenvalue weighted by molar-refractivity contribution is 5.94. The van der Waals surface area contributed by atoms with Crippen LogP contribution >= 0.6 is 0 Å². The van der Waals surface area contributed by atoms with Crippen molar-refractivity contribution in [1.82, 2.24) is 10.3 Å². The Hall–Kier alpha value is -3.54. The summed E-state index contributed by atoms with van der Waals surface area (Å²) in [4.78, 5) is 19.1. The monoisotopic (exact) mass is 389 g/mol. The number of carbonyl (C=O) groups is 1. The van der Waals surface area contributed by atoms with Crippen LogP contribution in [0.25, 0.3) is 0 Å². The lowest BCUT2D eigenvalue weighted by Crippen LogP contribution is -2.25. The predicted octanol–water partition coefficient (Wildman–Crippen LogP) is 3.77. The number of rotatable bonds is 7. The SMILES string of the molecule is CCN(Cc1ccccc1)c1ccc(C(=O)NCc2ccc3c(c2)OCO3)cn1. The summed E-state index contributed by atoms with van der Waals surface area (Å²) in [7, 11) is 0. The van der Waals surface area contributed by atoms with Crippen molar-refractivity contribution < 1.29 is 14.3 Å². The lowest BCUT2D eigenvalue weighted by Gasteiger charge is -2.22. The number of benzene rings is 2. The summed E-state index contributed by atoms with van der Waals surface area (Å²) in [5.41, 5.74) is 2.71.